The summed E-state index contributed by atoms with van der Waals surface area (Å²) in [5.41, 5.74) is 2.18. The minimum atomic E-state index is -0.231. The van der Waals surface area contributed by atoms with Crippen LogP contribution in [0.25, 0.3) is 10.9 Å². The molecule has 20 heavy (non-hydrogen) atoms. The van der Waals surface area contributed by atoms with Crippen LogP contribution in [0.3, 0.4) is 0 Å². The summed E-state index contributed by atoms with van der Waals surface area (Å²) in [4.78, 5) is 16.1. The van der Waals surface area contributed by atoms with Gasteiger partial charge in [0.2, 0.25) is 0 Å². The van der Waals surface area contributed by atoms with Gasteiger partial charge < -0.3 is 5.32 Å². The van der Waals surface area contributed by atoms with Crippen molar-refractivity contribution in [2.45, 2.75) is 39.7 Å². The number of hydrogen-bond donors (Lipinski definition) is 2. The van der Waals surface area contributed by atoms with Crippen molar-refractivity contribution in [3.8, 4) is 0 Å². The summed E-state index contributed by atoms with van der Waals surface area (Å²) in [6.45, 7) is 8.17. The molecule has 2 amide bonds. The Morgan fingerprint density at radius 3 is 2.55 bits per heavy atom. The van der Waals surface area contributed by atoms with Crippen LogP contribution in [0, 0.1) is 0 Å². The highest BCUT2D eigenvalue weighted by atomic mass is 16.2. The molecule has 2 N–H and O–H groups in total. The molecule has 2 aromatic rings. The molecule has 110 valence electrons. The quantitative estimate of drug-likeness (QED) is 0.873. The van der Waals surface area contributed by atoms with E-state index in [9.17, 15) is 4.79 Å². The maximum Gasteiger partial charge on any atom is 0.320 e. The smallest absolute Gasteiger partial charge is 0.320 e. The van der Waals surface area contributed by atoms with Gasteiger partial charge in [-0.25, -0.2) is 9.78 Å². The van der Waals surface area contributed by atoms with Crippen LogP contribution in [0.15, 0.2) is 30.3 Å². The van der Waals surface area contributed by atoms with Crippen LogP contribution in [0.4, 0.5) is 10.6 Å². The lowest BCUT2D eigenvalue weighted by Crippen LogP contribution is -2.34. The predicted octanol–water partition coefficient (Wildman–Crippen LogP) is 4.38. The summed E-state index contributed by atoms with van der Waals surface area (Å²) in [6.07, 6.45) is 0. The van der Waals surface area contributed by atoms with Crippen LogP contribution >= 0.6 is 0 Å². The minimum Gasteiger partial charge on any atom is -0.336 e. The number of aromatic nitrogens is 1. The average molecular weight is 275 g/mol. The first kappa shape index (κ1) is 14.3. The summed E-state index contributed by atoms with van der Waals surface area (Å²) in [5, 5.41) is 6.60. The van der Waals surface area contributed by atoms with Gasteiger partial charge in [0.25, 0.3) is 0 Å². The van der Waals surface area contributed by atoms with Crippen molar-refractivity contribution < 1.29 is 7.65 Å². The lowest BCUT2D eigenvalue weighted by molar-refractivity contribution is 0.250. The summed E-state index contributed by atoms with van der Waals surface area (Å²) >= 11 is 0. The fourth-order valence-corrected chi connectivity index (χ4v) is 1.99. The molecule has 0 unspecified atom stereocenters. The molecule has 0 atom stereocenters. The summed E-state index contributed by atoms with van der Waals surface area (Å²) < 4.78 is 0. The van der Waals surface area contributed by atoms with E-state index < -0.39 is 0 Å². The fraction of sp³-hybridized carbons (Fsp3) is 0.375. The van der Waals surface area contributed by atoms with E-state index in [2.05, 4.69) is 41.6 Å². The topological polar surface area (TPSA) is 54.0 Å². The second kappa shape index (κ2) is 5.90. The Morgan fingerprint density at radius 1 is 1.15 bits per heavy atom. The minimum absolute atomic E-state index is 0. The molecule has 0 fully saturated rings. The van der Waals surface area contributed by atoms with Crippen molar-refractivity contribution in [2.24, 2.45) is 0 Å². The van der Waals surface area contributed by atoms with Gasteiger partial charge in [-0.2, -0.15) is 0 Å². The highest BCUT2D eigenvalue weighted by molar-refractivity contribution is 5.90. The molecule has 4 nitrogen and oxygen atoms in total. The zero-order valence-corrected chi connectivity index (χ0v) is 12.4. The zero-order valence-electron chi connectivity index (χ0n) is 12.4. The molecule has 4 heteroatoms. The number of carbonyl (C=O) groups is 1. The first-order valence-electron chi connectivity index (χ1n) is 6.94. The Kier molecular flexibility index (Phi) is 4.23. The van der Waals surface area contributed by atoms with Crippen LogP contribution < -0.4 is 10.6 Å². The van der Waals surface area contributed by atoms with Crippen molar-refractivity contribution in [3.63, 3.8) is 0 Å². The van der Waals surface area contributed by atoms with E-state index in [4.69, 9.17) is 0 Å². The number of rotatable bonds is 3. The van der Waals surface area contributed by atoms with E-state index in [1.54, 1.807) is 0 Å². The molecular weight excluding hydrogens is 250 g/mol. The molecule has 2 rings (SSSR count). The normalized spacial score (nSPS) is 11.1. The van der Waals surface area contributed by atoms with Crippen molar-refractivity contribution in [2.75, 3.05) is 5.32 Å². The van der Waals surface area contributed by atoms with Crippen molar-refractivity contribution in [3.05, 3.63) is 35.9 Å². The third-order valence-corrected chi connectivity index (χ3v) is 3.04. The molecule has 0 radical (unpaired) electrons. The van der Waals surface area contributed by atoms with E-state index in [0.717, 1.165) is 10.9 Å². The van der Waals surface area contributed by atoms with E-state index in [-0.39, 0.29) is 14.9 Å². The number of fused-ring (bicyclic) bond motifs is 1. The Labute approximate surface area is 122 Å². The molecule has 1 heterocycles. The monoisotopic (exact) mass is 275 g/mol. The number of amides is 2. The number of nitrogens with zero attached hydrogens (tertiary/aromatic N) is 1. The number of nitrogens with one attached hydrogen (secondary N) is 2. The summed E-state index contributed by atoms with van der Waals surface area (Å²) in [5.74, 6) is 1.06. The fourth-order valence-electron chi connectivity index (χ4n) is 1.99. The molecule has 0 aliphatic rings. The number of hydrogen-bond acceptors (Lipinski definition) is 2. The van der Waals surface area contributed by atoms with Gasteiger partial charge in [-0.05, 0) is 49.6 Å². The van der Waals surface area contributed by atoms with Crippen LogP contribution in [-0.2, 0) is 0 Å². The molecule has 0 bridgehead atoms. The van der Waals surface area contributed by atoms with E-state index in [0.29, 0.717) is 11.7 Å². The van der Waals surface area contributed by atoms with Crippen LogP contribution in [0.2, 0.25) is 0 Å². The number of pyridine rings is 1. The predicted molar refractivity (Wildman–Crippen MR) is 87.4 cm³/mol. The van der Waals surface area contributed by atoms with Gasteiger partial charge in [-0.15, -0.1) is 0 Å². The average Bonchev–Trinajstić information content (AvgIpc) is 2.36. The van der Waals surface area contributed by atoms with Crippen molar-refractivity contribution in [1.82, 2.24) is 10.3 Å². The summed E-state index contributed by atoms with van der Waals surface area (Å²) in [6, 6.07) is 9.90. The molecule has 0 aliphatic heterocycles. The largest absolute Gasteiger partial charge is 0.336 e. The van der Waals surface area contributed by atoms with E-state index >= 15 is 0 Å². The van der Waals surface area contributed by atoms with Crippen LogP contribution in [-0.4, -0.2) is 17.1 Å². The van der Waals surface area contributed by atoms with Gasteiger partial charge >= 0.3 is 6.03 Å². The second-order valence-corrected chi connectivity index (χ2v) is 5.56. The highest BCUT2D eigenvalue weighted by Gasteiger charge is 2.06. The Morgan fingerprint density at radius 2 is 1.90 bits per heavy atom. The number of urea groups is 1. The standard InChI is InChI=1S/C16H21N3O.2H2/c1-10(2)12-5-7-14-13(9-12)6-8-15(18-14)19-16(20)17-11(3)4;;/h5-11H,1-4H3,(H2,17,18,19,20);2*1H. The van der Waals surface area contributed by atoms with Gasteiger partial charge in [0.1, 0.15) is 5.82 Å². The first-order chi connectivity index (χ1) is 9.45. The lowest BCUT2D eigenvalue weighted by Gasteiger charge is -2.11. The highest BCUT2D eigenvalue weighted by Crippen LogP contribution is 2.21. The van der Waals surface area contributed by atoms with Crippen molar-refractivity contribution >= 4 is 22.8 Å². The van der Waals surface area contributed by atoms with E-state index in [1.807, 2.05) is 32.0 Å². The van der Waals surface area contributed by atoms with E-state index in [1.165, 1.54) is 5.56 Å². The maximum absolute atomic E-state index is 11.6. The molecule has 1 aromatic heterocycles. The maximum atomic E-state index is 11.6. The zero-order chi connectivity index (χ0) is 14.7. The van der Waals surface area contributed by atoms with Gasteiger partial charge in [0.05, 0.1) is 5.52 Å². The van der Waals surface area contributed by atoms with Crippen LogP contribution in [0.5, 0.6) is 0 Å². The number of carbonyl (C=O) groups excluding carboxylic acids is 1. The summed E-state index contributed by atoms with van der Waals surface area (Å²) in [7, 11) is 0. The molecular formula is C16H25N3O. The van der Waals surface area contributed by atoms with Crippen molar-refractivity contribution in [1.29, 1.82) is 0 Å². The third kappa shape index (κ3) is 3.47. The Balaban J connectivity index is 0.00000220. The Hall–Kier alpha value is -2.10. The SMILES string of the molecule is CC(C)NC(=O)Nc1ccc2cc(C(C)C)ccc2n1.[HH].[HH]. The third-order valence-electron chi connectivity index (χ3n) is 3.04. The van der Waals surface area contributed by atoms with Gasteiger partial charge in [-0.1, -0.05) is 19.9 Å². The first-order valence-corrected chi connectivity index (χ1v) is 6.94. The van der Waals surface area contributed by atoms with Crippen LogP contribution in [0.1, 0.15) is 42.0 Å². The lowest BCUT2D eigenvalue weighted by atomic mass is 10.0. The van der Waals surface area contributed by atoms with Gasteiger partial charge in [0.15, 0.2) is 0 Å². The van der Waals surface area contributed by atoms with Gasteiger partial charge in [0, 0.05) is 14.3 Å². The number of anilines is 1. The molecule has 1 aromatic carbocycles. The molecule has 0 saturated carbocycles. The second-order valence-electron chi connectivity index (χ2n) is 5.56. The Bertz CT molecular complexity index is 630. The molecule has 0 saturated heterocycles. The molecule has 0 aliphatic carbocycles. The van der Waals surface area contributed by atoms with Gasteiger partial charge in [-0.3, -0.25) is 5.32 Å². The number of benzene rings is 1. The molecule has 0 spiro atoms.